The van der Waals surface area contributed by atoms with Gasteiger partial charge in [-0.3, -0.25) is 24.2 Å². The molecule has 9 aromatic rings. The van der Waals surface area contributed by atoms with Crippen LogP contribution >= 0.6 is 39.1 Å². The number of carbonyl (C=O) groups is 4. The number of alkyl halides is 6. The van der Waals surface area contributed by atoms with Gasteiger partial charge in [0, 0.05) is 93.5 Å². The third-order valence-electron chi connectivity index (χ3n) is 15.2. The Morgan fingerprint density at radius 2 is 0.872 bits per heavy atom. The number of nitrogens with zero attached hydrogens (tertiary/aromatic N) is 2. The van der Waals surface area contributed by atoms with Crippen molar-refractivity contribution >= 4 is 79.5 Å². The predicted octanol–water partition coefficient (Wildman–Crippen LogP) is 17.9. The number of halogens is 6. The van der Waals surface area contributed by atoms with Gasteiger partial charge in [0.15, 0.2) is 17.3 Å². The molecular weight excluding hydrogens is 1500 g/mol. The van der Waals surface area contributed by atoms with Crippen LogP contribution in [0.25, 0.3) is 0 Å². The van der Waals surface area contributed by atoms with E-state index in [0.29, 0.717) is 118 Å². The number of carboxylic acid groups (broad SMARTS) is 1. The molecule has 0 aliphatic heterocycles. The molecule has 3 aromatic heterocycles. The fourth-order valence-corrected chi connectivity index (χ4v) is 9.89. The maximum absolute atomic E-state index is 13.4. The van der Waals surface area contributed by atoms with E-state index in [1.807, 2.05) is 134 Å². The molecule has 24 heteroatoms. The van der Waals surface area contributed by atoms with E-state index in [1.54, 1.807) is 62.8 Å². The predicted molar refractivity (Wildman–Crippen MR) is 430 cm³/mol. The summed E-state index contributed by atoms with van der Waals surface area (Å²) in [5, 5.41) is 18.2. The number of H-pyrrole nitrogens is 1. The summed E-state index contributed by atoms with van der Waals surface area (Å²) >= 11 is 12.7. The minimum Gasteiger partial charge on any atom is -0.481 e. The molecule has 3 heterocycles. The number of anilines is 3. The van der Waals surface area contributed by atoms with Gasteiger partial charge in [-0.2, -0.15) is 13.2 Å². The van der Waals surface area contributed by atoms with Crippen molar-refractivity contribution in [2.45, 2.75) is 92.0 Å². The summed E-state index contributed by atoms with van der Waals surface area (Å²) in [4.78, 5) is 72.1. The van der Waals surface area contributed by atoms with Crippen molar-refractivity contribution in [1.29, 1.82) is 0 Å². The van der Waals surface area contributed by atoms with Crippen LogP contribution in [0.3, 0.4) is 0 Å². The molecule has 0 aliphatic carbocycles. The minimum atomic E-state index is -5.08. The average Bonchev–Trinajstić information content (AvgIpc) is 0.825. The second-order valence-corrected chi connectivity index (χ2v) is 25.8. The van der Waals surface area contributed by atoms with Crippen molar-refractivity contribution in [3.05, 3.63) is 265 Å². The molecular formula is C85H90BrCl2F3N6O12. The van der Waals surface area contributed by atoms with Gasteiger partial charge in [-0.25, -0.2) is 9.78 Å². The maximum atomic E-state index is 13.4. The molecule has 0 unspecified atom stereocenters. The Morgan fingerprint density at radius 1 is 0.514 bits per heavy atom. The van der Waals surface area contributed by atoms with Crippen LogP contribution in [0.5, 0.6) is 23.1 Å². The van der Waals surface area contributed by atoms with Gasteiger partial charge in [0.2, 0.25) is 11.4 Å². The highest BCUT2D eigenvalue weighted by Crippen LogP contribution is 2.31. The molecule has 9 rings (SSSR count). The van der Waals surface area contributed by atoms with Crippen molar-refractivity contribution in [3.63, 3.8) is 0 Å². The van der Waals surface area contributed by atoms with Crippen molar-refractivity contribution < 1.29 is 65.9 Å². The number of nitrogens with one attached hydrogen (secondary N) is 4. The van der Waals surface area contributed by atoms with E-state index in [9.17, 15) is 32.3 Å². The third-order valence-corrected chi connectivity index (χ3v) is 15.5. The number of aliphatic carboxylic acids is 1. The van der Waals surface area contributed by atoms with Gasteiger partial charge in [0.25, 0.3) is 0 Å². The van der Waals surface area contributed by atoms with Crippen LogP contribution in [0.1, 0.15) is 147 Å². The number of carboxylic acids is 1. The summed E-state index contributed by atoms with van der Waals surface area (Å²) in [5.74, 6) is 7.60. The highest BCUT2D eigenvalue weighted by molar-refractivity contribution is 9.09. The van der Waals surface area contributed by atoms with Gasteiger partial charge in [-0.1, -0.05) is 166 Å². The summed E-state index contributed by atoms with van der Waals surface area (Å²) < 4.78 is 63.6. The lowest BCUT2D eigenvalue weighted by Gasteiger charge is -2.14. The molecule has 0 saturated carbocycles. The molecule has 574 valence electrons. The Balaban J connectivity index is 0.000000315. The van der Waals surface area contributed by atoms with Gasteiger partial charge in [-0.05, 0) is 120 Å². The zero-order valence-corrected chi connectivity index (χ0v) is 65.3. The van der Waals surface area contributed by atoms with E-state index in [-0.39, 0.29) is 48.1 Å². The molecule has 0 aliphatic rings. The first-order valence-corrected chi connectivity index (χ1v) is 36.4. The Labute approximate surface area is 654 Å². The fraction of sp³-hybridized carbons (Fsp3) is 0.282. The average molecular weight is 1600 g/mol. The number of aryl methyl sites for hydroxylation is 1. The standard InChI is InChI=1S/C28H30N2O4.C26H26N2O2.C25H24N2O3.C3H7BrO.C2HF3O2.CH2Cl2/c1-5-15-33-24-13-14-26(29-19-23-7-6-8-27(30-23)34-17-16-32-4)25(18-24)28(31)22-11-9-21(10-12-22)20(2)3;1-5-15-30-23-13-14-25(27-17-22-8-6-7-19(4)28-22)24(16-23)26(29)21-11-9-20(10-12-21)18(2)3;1-4-14-30-21-12-13-23(26-16-20-6-5-7-24(28)27-20)22(15-21)25(29)19-10-8-18(9-11-19)17(2)3;1-5-3-2-4;3-2(4,5)1(6)7;2-1-3/h1,6-14,18,20,29H,15-17,19H2,2-4H3;1,6-14,16,18,27H,15,17H2,2-4H3;1,5-13,15,17,26H,14,16H2,2-3H3,(H,27,28);2-3H2,1H3;(H,6,7);1H2. The third kappa shape index (κ3) is 32.6. The van der Waals surface area contributed by atoms with Crippen LogP contribution in [0, 0.1) is 44.0 Å². The van der Waals surface area contributed by atoms with Crippen LogP contribution in [-0.4, -0.2) is 114 Å². The van der Waals surface area contributed by atoms with E-state index in [1.165, 1.54) is 22.8 Å². The van der Waals surface area contributed by atoms with Gasteiger partial charge < -0.3 is 54.5 Å². The van der Waals surface area contributed by atoms with Crippen molar-refractivity contribution in [1.82, 2.24) is 15.0 Å². The van der Waals surface area contributed by atoms with E-state index in [4.69, 9.17) is 76.1 Å². The molecule has 0 saturated heterocycles. The molecule has 5 N–H and O–H groups in total. The fourth-order valence-electron chi connectivity index (χ4n) is 9.56. The molecule has 0 radical (unpaired) electrons. The Bertz CT molecular complexity index is 4520. The molecule has 18 nitrogen and oxygen atoms in total. The summed E-state index contributed by atoms with van der Waals surface area (Å²) in [6, 6.07) is 55.4. The van der Waals surface area contributed by atoms with Crippen molar-refractivity contribution in [2.75, 3.05) is 80.5 Å². The van der Waals surface area contributed by atoms with Crippen molar-refractivity contribution in [2.24, 2.45) is 0 Å². The van der Waals surface area contributed by atoms with Crippen molar-refractivity contribution in [3.8, 4) is 60.2 Å². The summed E-state index contributed by atoms with van der Waals surface area (Å²) in [7, 11) is 3.30. The van der Waals surface area contributed by atoms with Crippen LogP contribution in [0.15, 0.2) is 187 Å². The first-order valence-electron chi connectivity index (χ1n) is 34.2. The van der Waals surface area contributed by atoms with Crippen LogP contribution in [-0.2, 0) is 33.9 Å². The lowest BCUT2D eigenvalue weighted by molar-refractivity contribution is -0.192. The van der Waals surface area contributed by atoms with Crippen LogP contribution < -0.4 is 40.5 Å². The number of methoxy groups -OCH3 is 2. The SMILES string of the molecule is C#CCOc1ccc(NCc2cccc(=O)[nH]2)c(C(=O)c2ccc(C(C)C)cc2)c1.C#CCOc1ccc(NCc2cccc(C)n2)c(C(=O)c2ccc(C(C)C)cc2)c1.C#CCOc1ccc(NCc2cccc(OCCOC)n2)c(C(=O)c2ccc(C(C)C)cc2)c1.COCCBr.ClCCl.O=C(O)C(F)(F)F. The number of ether oxygens (including phenoxy) is 6. The van der Waals surface area contributed by atoms with Crippen LogP contribution in [0.4, 0.5) is 30.2 Å². The lowest BCUT2D eigenvalue weighted by atomic mass is 9.97. The number of ketones is 3. The zero-order chi connectivity index (χ0) is 80.3. The number of hydrogen-bond acceptors (Lipinski definition) is 16. The number of pyridine rings is 3. The number of rotatable bonds is 30. The first kappa shape index (κ1) is 90.5. The van der Waals surface area contributed by atoms with E-state index in [2.05, 4.69) is 111 Å². The largest absolute Gasteiger partial charge is 0.490 e. The Morgan fingerprint density at radius 3 is 1.19 bits per heavy atom. The molecule has 6 aromatic carbocycles. The molecule has 0 spiro atoms. The smallest absolute Gasteiger partial charge is 0.481 e. The van der Waals surface area contributed by atoms with Gasteiger partial charge in [0.05, 0.1) is 49.6 Å². The normalized spacial score (nSPS) is 10.3. The Hall–Kier alpha value is -10.9. The molecule has 0 atom stereocenters. The van der Waals surface area contributed by atoms with Crippen LogP contribution in [0.2, 0.25) is 0 Å². The number of terminal acetylenes is 3. The zero-order valence-electron chi connectivity index (χ0n) is 62.2. The van der Waals surface area contributed by atoms with Gasteiger partial charge in [0.1, 0.15) is 43.7 Å². The maximum Gasteiger partial charge on any atom is 0.490 e. The molecule has 0 amide bonds. The number of benzene rings is 6. The molecule has 109 heavy (non-hydrogen) atoms. The topological polar surface area (TPSA) is 239 Å². The van der Waals surface area contributed by atoms with E-state index >= 15 is 0 Å². The summed E-state index contributed by atoms with van der Waals surface area (Å²) in [5.41, 5.74) is 12.1. The second-order valence-electron chi connectivity index (χ2n) is 24.2. The molecule has 0 fully saturated rings. The number of carbonyl (C=O) groups excluding carboxylic acids is 3. The summed E-state index contributed by atoms with van der Waals surface area (Å²) in [6.07, 6.45) is 10.8. The Kier molecular flexibility index (Phi) is 40.8. The second kappa shape index (κ2) is 49.1. The highest BCUT2D eigenvalue weighted by atomic mass is 79.9. The van der Waals surface area contributed by atoms with Gasteiger partial charge in [-0.15, -0.1) is 42.5 Å². The van der Waals surface area contributed by atoms with E-state index in [0.717, 1.165) is 40.4 Å². The number of aromatic nitrogens is 3. The molecule has 0 bridgehead atoms. The van der Waals surface area contributed by atoms with Gasteiger partial charge >= 0.3 is 12.1 Å². The minimum absolute atomic E-state index is 0.0730. The highest BCUT2D eigenvalue weighted by Gasteiger charge is 2.38. The lowest BCUT2D eigenvalue weighted by Crippen LogP contribution is -2.21. The number of aromatic amines is 1. The first-order chi connectivity index (χ1) is 52.2. The number of hydrogen-bond donors (Lipinski definition) is 5. The summed E-state index contributed by atoms with van der Waals surface area (Å²) in [6.45, 7) is 18.1. The monoisotopic (exact) mass is 1590 g/mol. The van der Waals surface area contributed by atoms with E-state index < -0.39 is 12.1 Å². The quantitative estimate of drug-likeness (QED) is 0.0122.